The molecule has 186 valence electrons. The standard InChI is InChI=1S/C26H20F2N6O2S/c1-2-8-37-34-21-6-5-20(27)22(23(21)28)24(35)19-14-31-25-18(19)9-15(10-30-25)16-11-32-26(33-12-16)36-17-4-3-7-29-13-17/h3-7,9-14,34H,2,8H2,1H3,(H,30,31). The molecule has 0 unspecified atom stereocenters. The SMILES string of the molecule is CCCSNc1ccc(F)c(C(=O)c2c[nH]c3ncc(-c4cnc(Oc5cccnc5)nc4)cc23)c1F. The number of anilines is 1. The fraction of sp³-hybridized carbons (Fsp3) is 0.115. The normalized spacial score (nSPS) is 11.0. The van der Waals surface area contributed by atoms with Gasteiger partial charge in [-0.25, -0.2) is 23.7 Å². The maximum Gasteiger partial charge on any atom is 0.321 e. The minimum absolute atomic E-state index is 0.0487. The van der Waals surface area contributed by atoms with Crippen molar-refractivity contribution in [2.75, 3.05) is 10.5 Å². The van der Waals surface area contributed by atoms with Gasteiger partial charge in [-0.3, -0.25) is 9.78 Å². The number of fused-ring (bicyclic) bond motifs is 1. The summed E-state index contributed by atoms with van der Waals surface area (Å²) in [6, 6.07) is 7.66. The Bertz CT molecular complexity index is 1560. The van der Waals surface area contributed by atoms with Gasteiger partial charge in [-0.2, -0.15) is 0 Å². The second kappa shape index (κ2) is 10.7. The Morgan fingerprint density at radius 1 is 1.08 bits per heavy atom. The first-order chi connectivity index (χ1) is 18.0. The minimum Gasteiger partial charge on any atom is -0.423 e. The number of nitrogens with zero attached hydrogens (tertiary/aromatic N) is 4. The molecule has 0 saturated heterocycles. The number of halogens is 2. The largest absolute Gasteiger partial charge is 0.423 e. The van der Waals surface area contributed by atoms with E-state index in [9.17, 15) is 9.18 Å². The zero-order valence-electron chi connectivity index (χ0n) is 19.5. The van der Waals surface area contributed by atoms with Gasteiger partial charge in [0.15, 0.2) is 5.82 Å². The van der Waals surface area contributed by atoms with Crippen LogP contribution in [0.1, 0.15) is 29.3 Å². The molecule has 5 rings (SSSR count). The van der Waals surface area contributed by atoms with E-state index >= 15 is 4.39 Å². The second-order valence-corrected chi connectivity index (χ2v) is 8.83. The summed E-state index contributed by atoms with van der Waals surface area (Å²) in [7, 11) is 0. The Labute approximate surface area is 214 Å². The van der Waals surface area contributed by atoms with Crippen molar-refractivity contribution in [1.29, 1.82) is 0 Å². The van der Waals surface area contributed by atoms with Crippen LogP contribution in [0, 0.1) is 11.6 Å². The van der Waals surface area contributed by atoms with E-state index in [-0.39, 0.29) is 17.3 Å². The third-order valence-electron chi connectivity index (χ3n) is 5.39. The van der Waals surface area contributed by atoms with E-state index in [0.29, 0.717) is 27.9 Å². The number of rotatable bonds is 9. The molecule has 5 aromatic rings. The molecule has 37 heavy (non-hydrogen) atoms. The molecular formula is C26H20F2N6O2S. The average molecular weight is 519 g/mol. The number of hydrogen-bond acceptors (Lipinski definition) is 8. The number of hydrogen-bond donors (Lipinski definition) is 2. The molecule has 0 bridgehead atoms. The van der Waals surface area contributed by atoms with Crippen LogP contribution in [0.5, 0.6) is 11.8 Å². The molecular weight excluding hydrogens is 498 g/mol. The highest BCUT2D eigenvalue weighted by Crippen LogP contribution is 2.30. The van der Waals surface area contributed by atoms with Crippen LogP contribution in [0.15, 0.2) is 67.5 Å². The van der Waals surface area contributed by atoms with Crippen LogP contribution in [0.3, 0.4) is 0 Å². The van der Waals surface area contributed by atoms with Crippen molar-refractivity contribution in [1.82, 2.24) is 24.9 Å². The van der Waals surface area contributed by atoms with Crippen molar-refractivity contribution in [2.24, 2.45) is 0 Å². The van der Waals surface area contributed by atoms with Gasteiger partial charge >= 0.3 is 6.01 Å². The number of H-pyrrole nitrogens is 1. The molecule has 0 amide bonds. The Hall–Kier alpha value is -4.38. The van der Waals surface area contributed by atoms with E-state index in [1.165, 1.54) is 24.2 Å². The number of aromatic amines is 1. The second-order valence-electron chi connectivity index (χ2n) is 7.93. The third-order valence-corrected chi connectivity index (χ3v) is 6.36. The van der Waals surface area contributed by atoms with E-state index in [1.54, 1.807) is 49.2 Å². The van der Waals surface area contributed by atoms with Crippen LogP contribution in [-0.4, -0.2) is 36.5 Å². The van der Waals surface area contributed by atoms with Gasteiger partial charge in [0.1, 0.15) is 17.2 Å². The van der Waals surface area contributed by atoms with Crippen LogP contribution in [0.4, 0.5) is 14.5 Å². The molecule has 0 aliphatic heterocycles. The molecule has 4 heterocycles. The van der Waals surface area contributed by atoms with Crippen LogP contribution in [0.2, 0.25) is 0 Å². The Kier molecular flexibility index (Phi) is 7.04. The van der Waals surface area contributed by atoms with Gasteiger partial charge in [0.05, 0.1) is 17.4 Å². The van der Waals surface area contributed by atoms with Gasteiger partial charge in [-0.1, -0.05) is 18.9 Å². The molecule has 1 aromatic carbocycles. The summed E-state index contributed by atoms with van der Waals surface area (Å²) in [5, 5.41) is 0.413. The van der Waals surface area contributed by atoms with Crippen molar-refractivity contribution in [3.8, 4) is 22.9 Å². The number of carbonyl (C=O) groups excluding carboxylic acids is 1. The number of aromatic nitrogens is 5. The fourth-order valence-electron chi connectivity index (χ4n) is 3.58. The van der Waals surface area contributed by atoms with Gasteiger partial charge in [-0.15, -0.1) is 0 Å². The molecule has 0 saturated carbocycles. The smallest absolute Gasteiger partial charge is 0.321 e. The molecule has 0 spiro atoms. The number of carbonyl (C=O) groups is 1. The summed E-state index contributed by atoms with van der Waals surface area (Å²) in [4.78, 5) is 33.0. The number of pyridine rings is 2. The lowest BCUT2D eigenvalue weighted by atomic mass is 10.0. The first kappa shape index (κ1) is 24.3. The van der Waals surface area contributed by atoms with Crippen molar-refractivity contribution >= 4 is 34.5 Å². The van der Waals surface area contributed by atoms with E-state index in [2.05, 4.69) is 29.6 Å². The first-order valence-corrected chi connectivity index (χ1v) is 12.3. The van der Waals surface area contributed by atoms with Gasteiger partial charge in [0, 0.05) is 58.8 Å². The van der Waals surface area contributed by atoms with E-state index in [0.717, 1.165) is 18.2 Å². The highest BCUT2D eigenvalue weighted by atomic mass is 32.2. The Morgan fingerprint density at radius 2 is 1.89 bits per heavy atom. The Morgan fingerprint density at radius 3 is 2.65 bits per heavy atom. The fourth-order valence-corrected chi connectivity index (χ4v) is 4.20. The summed E-state index contributed by atoms with van der Waals surface area (Å²) in [6.45, 7) is 1.99. The molecule has 8 nitrogen and oxygen atoms in total. The number of ether oxygens (including phenoxy) is 1. The first-order valence-electron chi connectivity index (χ1n) is 11.3. The van der Waals surface area contributed by atoms with Crippen LogP contribution in [0.25, 0.3) is 22.2 Å². The molecule has 0 aliphatic carbocycles. The highest BCUT2D eigenvalue weighted by Gasteiger charge is 2.24. The quantitative estimate of drug-likeness (QED) is 0.135. The highest BCUT2D eigenvalue weighted by molar-refractivity contribution is 8.00. The predicted molar refractivity (Wildman–Crippen MR) is 138 cm³/mol. The summed E-state index contributed by atoms with van der Waals surface area (Å²) in [5.74, 6) is -1.44. The molecule has 2 N–H and O–H groups in total. The minimum atomic E-state index is -0.940. The topological polar surface area (TPSA) is 106 Å². The maximum atomic E-state index is 15.1. The lowest BCUT2D eigenvalue weighted by Crippen LogP contribution is -2.09. The molecule has 0 fully saturated rings. The molecule has 11 heteroatoms. The molecule has 0 atom stereocenters. The van der Waals surface area contributed by atoms with Crippen LogP contribution >= 0.6 is 11.9 Å². The van der Waals surface area contributed by atoms with Crippen molar-refractivity contribution in [2.45, 2.75) is 13.3 Å². The molecule has 0 aliphatic rings. The zero-order chi connectivity index (χ0) is 25.8. The van der Waals surface area contributed by atoms with Crippen molar-refractivity contribution in [3.05, 3.63) is 90.3 Å². The van der Waals surface area contributed by atoms with E-state index in [1.807, 2.05) is 6.92 Å². The predicted octanol–water partition coefficient (Wildman–Crippen LogP) is 6.19. The summed E-state index contributed by atoms with van der Waals surface area (Å²) >= 11 is 1.28. The number of nitrogens with one attached hydrogen (secondary N) is 2. The van der Waals surface area contributed by atoms with Gasteiger partial charge in [0.25, 0.3) is 0 Å². The maximum absolute atomic E-state index is 15.1. The average Bonchev–Trinajstić information content (AvgIpc) is 3.34. The van der Waals surface area contributed by atoms with E-state index in [4.69, 9.17) is 4.74 Å². The Balaban J connectivity index is 1.44. The summed E-state index contributed by atoms with van der Waals surface area (Å²) in [5.41, 5.74) is 1.14. The van der Waals surface area contributed by atoms with Gasteiger partial charge in [-0.05, 0) is 36.8 Å². The van der Waals surface area contributed by atoms with Crippen LogP contribution < -0.4 is 9.46 Å². The van der Waals surface area contributed by atoms with Gasteiger partial charge in [0.2, 0.25) is 5.78 Å². The van der Waals surface area contributed by atoms with E-state index < -0.39 is 23.0 Å². The van der Waals surface area contributed by atoms with Crippen molar-refractivity contribution in [3.63, 3.8) is 0 Å². The van der Waals surface area contributed by atoms with Crippen molar-refractivity contribution < 1.29 is 18.3 Å². The molecule has 0 radical (unpaired) electrons. The zero-order valence-corrected chi connectivity index (χ0v) is 20.4. The van der Waals surface area contributed by atoms with Gasteiger partial charge < -0.3 is 14.4 Å². The third kappa shape index (κ3) is 5.12. The summed E-state index contributed by atoms with van der Waals surface area (Å²) < 4.78 is 38.2. The summed E-state index contributed by atoms with van der Waals surface area (Å²) in [6.07, 6.45) is 10.1. The molecule has 4 aromatic heterocycles. The number of benzene rings is 1. The lowest BCUT2D eigenvalue weighted by molar-refractivity contribution is 0.103. The number of ketones is 1. The lowest BCUT2D eigenvalue weighted by Gasteiger charge is -2.10. The van der Waals surface area contributed by atoms with Crippen LogP contribution in [-0.2, 0) is 0 Å². The monoisotopic (exact) mass is 518 g/mol.